The second kappa shape index (κ2) is 6.29. The lowest BCUT2D eigenvalue weighted by Gasteiger charge is -2.27. The Morgan fingerprint density at radius 1 is 1.00 bits per heavy atom. The molecule has 0 bridgehead atoms. The van der Waals surface area contributed by atoms with E-state index in [2.05, 4.69) is 45.0 Å². The first kappa shape index (κ1) is 11.8. The van der Waals surface area contributed by atoms with Crippen LogP contribution in [-0.4, -0.2) is 8.24 Å². The first-order chi connectivity index (χ1) is 5.74. The van der Waals surface area contributed by atoms with E-state index in [1.807, 2.05) is 0 Å². The first-order valence-electron chi connectivity index (χ1n) is 5.17. The van der Waals surface area contributed by atoms with E-state index >= 15 is 0 Å². The first-order valence-corrected chi connectivity index (χ1v) is 7.79. The number of hydrogen-bond donors (Lipinski definition) is 1. The van der Waals surface area contributed by atoms with Gasteiger partial charge in [-0.2, -0.15) is 0 Å². The summed E-state index contributed by atoms with van der Waals surface area (Å²) in [5.41, 5.74) is 0. The maximum absolute atomic E-state index is 3.64. The summed E-state index contributed by atoms with van der Waals surface area (Å²) in [6.07, 6.45) is 5.51. The maximum Gasteiger partial charge on any atom is 0.152 e. The summed E-state index contributed by atoms with van der Waals surface area (Å²) in [6.45, 7) is 9.11. The SMILES string of the molecule is CCC=CN[Si](CC)(CC)CC. The third-order valence-corrected chi connectivity index (χ3v) is 7.61. The lowest BCUT2D eigenvalue weighted by Crippen LogP contribution is -2.45. The van der Waals surface area contributed by atoms with Crippen molar-refractivity contribution >= 4 is 8.24 Å². The number of allylic oxidation sites excluding steroid dienone is 1. The van der Waals surface area contributed by atoms with Gasteiger partial charge in [0.25, 0.3) is 0 Å². The third kappa shape index (κ3) is 3.44. The van der Waals surface area contributed by atoms with Gasteiger partial charge in [-0.15, -0.1) is 0 Å². The summed E-state index contributed by atoms with van der Waals surface area (Å²) < 4.78 is 0. The van der Waals surface area contributed by atoms with Gasteiger partial charge in [-0.25, -0.2) is 0 Å². The van der Waals surface area contributed by atoms with Crippen molar-refractivity contribution in [1.29, 1.82) is 0 Å². The predicted molar refractivity (Wildman–Crippen MR) is 59.8 cm³/mol. The standard InChI is InChI=1S/C10H23NSi/c1-5-9-10-11-12(6-2,7-3)8-4/h9-11H,5-8H2,1-4H3. The lowest BCUT2D eigenvalue weighted by molar-refractivity contribution is 1.05. The van der Waals surface area contributed by atoms with Crippen molar-refractivity contribution in [3.63, 3.8) is 0 Å². The molecule has 0 saturated carbocycles. The van der Waals surface area contributed by atoms with Crippen molar-refractivity contribution in [3.8, 4) is 0 Å². The van der Waals surface area contributed by atoms with Crippen molar-refractivity contribution < 1.29 is 0 Å². The van der Waals surface area contributed by atoms with E-state index < -0.39 is 8.24 Å². The summed E-state index contributed by atoms with van der Waals surface area (Å²) in [7, 11) is -1.09. The van der Waals surface area contributed by atoms with Crippen LogP contribution in [0.3, 0.4) is 0 Å². The molecule has 1 N–H and O–H groups in total. The Labute approximate surface area is 78.3 Å². The van der Waals surface area contributed by atoms with Gasteiger partial charge >= 0.3 is 0 Å². The van der Waals surface area contributed by atoms with Crippen LogP contribution in [0, 0.1) is 0 Å². The van der Waals surface area contributed by atoms with E-state index in [0.717, 1.165) is 6.42 Å². The Morgan fingerprint density at radius 2 is 1.50 bits per heavy atom. The summed E-state index contributed by atoms with van der Waals surface area (Å²) >= 11 is 0. The quantitative estimate of drug-likeness (QED) is 0.625. The highest BCUT2D eigenvalue weighted by atomic mass is 28.3. The number of hydrogen-bond acceptors (Lipinski definition) is 1. The fourth-order valence-corrected chi connectivity index (χ4v) is 3.99. The molecule has 0 fully saturated rings. The van der Waals surface area contributed by atoms with Crippen molar-refractivity contribution in [2.24, 2.45) is 0 Å². The zero-order chi connectivity index (χ0) is 9.45. The second-order valence-corrected chi connectivity index (χ2v) is 8.27. The Balaban J connectivity index is 4.01. The molecule has 12 heavy (non-hydrogen) atoms. The summed E-state index contributed by atoms with van der Waals surface area (Å²) in [4.78, 5) is 3.64. The van der Waals surface area contributed by atoms with E-state index in [-0.39, 0.29) is 0 Å². The Kier molecular flexibility index (Phi) is 6.16. The number of rotatable bonds is 6. The summed E-state index contributed by atoms with van der Waals surface area (Å²) in [6, 6.07) is 4.02. The van der Waals surface area contributed by atoms with Gasteiger partial charge in [0.15, 0.2) is 8.24 Å². The normalized spacial score (nSPS) is 12.3. The van der Waals surface area contributed by atoms with Crippen LogP contribution in [0.5, 0.6) is 0 Å². The van der Waals surface area contributed by atoms with Gasteiger partial charge in [0.05, 0.1) is 0 Å². The molecule has 0 aliphatic carbocycles. The van der Waals surface area contributed by atoms with Crippen molar-refractivity contribution in [2.75, 3.05) is 0 Å². The summed E-state index contributed by atoms with van der Waals surface area (Å²) in [5.74, 6) is 0. The van der Waals surface area contributed by atoms with E-state index in [4.69, 9.17) is 0 Å². The van der Waals surface area contributed by atoms with Crippen molar-refractivity contribution in [3.05, 3.63) is 12.3 Å². The molecule has 1 nitrogen and oxygen atoms in total. The van der Waals surface area contributed by atoms with Crippen LogP contribution in [-0.2, 0) is 0 Å². The lowest BCUT2D eigenvalue weighted by atomic mass is 10.5. The molecule has 0 atom stereocenters. The highest BCUT2D eigenvalue weighted by Gasteiger charge is 2.24. The third-order valence-electron chi connectivity index (χ3n) is 2.77. The molecule has 0 aromatic carbocycles. The Hall–Kier alpha value is -0.243. The fourth-order valence-electron chi connectivity index (χ4n) is 1.41. The molecular weight excluding hydrogens is 162 g/mol. The zero-order valence-electron chi connectivity index (χ0n) is 8.98. The van der Waals surface area contributed by atoms with E-state index in [0.29, 0.717) is 0 Å². The van der Waals surface area contributed by atoms with Crippen LogP contribution in [0.25, 0.3) is 0 Å². The molecule has 0 rings (SSSR count). The minimum Gasteiger partial charge on any atom is -0.416 e. The molecule has 0 unspecified atom stereocenters. The molecule has 0 amide bonds. The van der Waals surface area contributed by atoms with Crippen molar-refractivity contribution in [2.45, 2.75) is 52.2 Å². The molecule has 0 aromatic rings. The van der Waals surface area contributed by atoms with Crippen LogP contribution >= 0.6 is 0 Å². The smallest absolute Gasteiger partial charge is 0.152 e. The highest BCUT2D eigenvalue weighted by Crippen LogP contribution is 2.16. The van der Waals surface area contributed by atoms with Gasteiger partial charge in [0, 0.05) is 0 Å². The monoisotopic (exact) mass is 185 g/mol. The van der Waals surface area contributed by atoms with Crippen LogP contribution in [0.2, 0.25) is 18.1 Å². The zero-order valence-corrected chi connectivity index (χ0v) is 9.98. The van der Waals surface area contributed by atoms with Gasteiger partial charge in [-0.3, -0.25) is 0 Å². The van der Waals surface area contributed by atoms with E-state index in [1.165, 1.54) is 18.1 Å². The van der Waals surface area contributed by atoms with Gasteiger partial charge in [0.2, 0.25) is 0 Å². The fraction of sp³-hybridized carbons (Fsp3) is 0.800. The molecule has 0 aliphatic heterocycles. The predicted octanol–water partition coefficient (Wildman–Crippen LogP) is 3.50. The van der Waals surface area contributed by atoms with E-state index in [9.17, 15) is 0 Å². The van der Waals surface area contributed by atoms with Gasteiger partial charge < -0.3 is 4.98 Å². The van der Waals surface area contributed by atoms with Gasteiger partial charge in [-0.1, -0.05) is 33.8 Å². The largest absolute Gasteiger partial charge is 0.416 e. The molecule has 72 valence electrons. The minimum absolute atomic E-state index is 1.09. The molecule has 0 spiro atoms. The Morgan fingerprint density at radius 3 is 1.83 bits per heavy atom. The highest BCUT2D eigenvalue weighted by molar-refractivity contribution is 6.77. The summed E-state index contributed by atoms with van der Waals surface area (Å²) in [5, 5.41) is 0. The van der Waals surface area contributed by atoms with Crippen LogP contribution in [0.15, 0.2) is 12.3 Å². The van der Waals surface area contributed by atoms with Crippen LogP contribution in [0.4, 0.5) is 0 Å². The average molecular weight is 185 g/mol. The second-order valence-electron chi connectivity index (χ2n) is 3.30. The molecule has 0 radical (unpaired) electrons. The Bertz CT molecular complexity index is 120. The number of nitrogens with one attached hydrogen (secondary N) is 1. The molecule has 0 saturated heterocycles. The van der Waals surface area contributed by atoms with Gasteiger partial charge in [0.1, 0.15) is 0 Å². The molecule has 0 aromatic heterocycles. The molecule has 0 heterocycles. The van der Waals surface area contributed by atoms with Crippen molar-refractivity contribution in [1.82, 2.24) is 4.98 Å². The molecule has 2 heteroatoms. The van der Waals surface area contributed by atoms with Crippen LogP contribution in [0.1, 0.15) is 34.1 Å². The average Bonchev–Trinajstić information content (AvgIpc) is 2.14. The molecule has 0 aliphatic rings. The molecular formula is C10H23NSi. The van der Waals surface area contributed by atoms with E-state index in [1.54, 1.807) is 0 Å². The van der Waals surface area contributed by atoms with Crippen LogP contribution < -0.4 is 4.98 Å². The topological polar surface area (TPSA) is 12.0 Å². The van der Waals surface area contributed by atoms with Gasteiger partial charge in [-0.05, 0) is 30.8 Å². The minimum atomic E-state index is -1.09. The maximum atomic E-state index is 3.64.